The van der Waals surface area contributed by atoms with E-state index in [-0.39, 0.29) is 22.8 Å². The van der Waals surface area contributed by atoms with Crippen LogP contribution < -0.4 is 5.32 Å². The number of nitrogens with one attached hydrogen (secondary N) is 1. The lowest BCUT2D eigenvalue weighted by Gasteiger charge is -2.32. The molecular formula is C29H30N4O4S3. The van der Waals surface area contributed by atoms with Crippen LogP contribution in [0.5, 0.6) is 0 Å². The van der Waals surface area contributed by atoms with Crippen LogP contribution >= 0.6 is 22.7 Å². The number of anilines is 1. The molecule has 2 aromatic carbocycles. The fourth-order valence-corrected chi connectivity index (χ4v) is 9.55. The molecule has 2 aromatic heterocycles. The van der Waals surface area contributed by atoms with E-state index in [1.54, 1.807) is 34.7 Å². The van der Waals surface area contributed by atoms with Crippen LogP contribution in [-0.2, 0) is 27.8 Å². The van der Waals surface area contributed by atoms with Gasteiger partial charge in [-0.3, -0.25) is 9.59 Å². The lowest BCUT2D eigenvalue weighted by atomic mass is 10.0. The second-order valence-electron chi connectivity index (χ2n) is 10.3. The number of nitrogens with zero attached hydrogens (tertiary/aromatic N) is 3. The van der Waals surface area contributed by atoms with Crippen LogP contribution in [0, 0.1) is 0 Å². The number of carbonyl (C=O) groups is 2. The van der Waals surface area contributed by atoms with E-state index in [0.717, 1.165) is 50.5 Å². The van der Waals surface area contributed by atoms with E-state index >= 15 is 0 Å². The second kappa shape index (κ2) is 10.7. The van der Waals surface area contributed by atoms with Crippen LogP contribution in [0.3, 0.4) is 0 Å². The van der Waals surface area contributed by atoms with Crippen LogP contribution in [0.15, 0.2) is 53.4 Å². The quantitative estimate of drug-likeness (QED) is 0.318. The van der Waals surface area contributed by atoms with E-state index in [2.05, 4.69) is 5.32 Å². The van der Waals surface area contributed by atoms with Crippen molar-refractivity contribution in [2.75, 3.05) is 18.4 Å². The summed E-state index contributed by atoms with van der Waals surface area (Å²) in [6.07, 6.45) is 3.43. The minimum Gasteiger partial charge on any atom is -0.337 e. The molecule has 0 bridgehead atoms. The summed E-state index contributed by atoms with van der Waals surface area (Å²) in [5, 5.41) is 4.61. The van der Waals surface area contributed by atoms with Gasteiger partial charge in [-0.15, -0.1) is 22.7 Å². The molecule has 0 spiro atoms. The van der Waals surface area contributed by atoms with Crippen LogP contribution in [0.25, 0.3) is 20.8 Å². The summed E-state index contributed by atoms with van der Waals surface area (Å²) in [6.45, 7) is 5.16. The summed E-state index contributed by atoms with van der Waals surface area (Å²) in [7, 11) is -3.62. The van der Waals surface area contributed by atoms with Gasteiger partial charge < -0.3 is 10.2 Å². The van der Waals surface area contributed by atoms with Crippen molar-refractivity contribution in [2.45, 2.75) is 57.0 Å². The molecule has 2 amide bonds. The molecule has 8 nitrogen and oxygen atoms in total. The molecule has 11 heteroatoms. The van der Waals surface area contributed by atoms with Crippen LogP contribution in [0.2, 0.25) is 0 Å². The van der Waals surface area contributed by atoms with E-state index in [1.165, 1.54) is 23.5 Å². The fraction of sp³-hybridized carbons (Fsp3) is 0.345. The number of piperidine rings is 1. The molecule has 1 atom stereocenters. The van der Waals surface area contributed by atoms with Crippen LogP contribution in [-0.4, -0.2) is 53.6 Å². The topological polar surface area (TPSA) is 99.7 Å². The lowest BCUT2D eigenvalue weighted by Crippen LogP contribution is -2.41. The third kappa shape index (κ3) is 4.96. The van der Waals surface area contributed by atoms with E-state index in [1.807, 2.05) is 36.1 Å². The molecule has 6 rings (SSSR count). The number of carbonyl (C=O) groups excluding carboxylic acids is 2. The molecule has 1 saturated heterocycles. The van der Waals surface area contributed by atoms with Gasteiger partial charge in [0.15, 0.2) is 0 Å². The zero-order valence-electron chi connectivity index (χ0n) is 22.3. The molecular weight excluding hydrogens is 565 g/mol. The summed E-state index contributed by atoms with van der Waals surface area (Å²) in [6, 6.07) is 14.1. The highest BCUT2D eigenvalue weighted by Crippen LogP contribution is 2.46. The van der Waals surface area contributed by atoms with Gasteiger partial charge in [-0.25, -0.2) is 13.4 Å². The average Bonchev–Trinajstić information content (AvgIpc) is 3.53. The number of amides is 2. The Morgan fingerprint density at radius 3 is 2.52 bits per heavy atom. The molecule has 208 valence electrons. The number of rotatable bonds is 5. The van der Waals surface area contributed by atoms with Crippen molar-refractivity contribution in [3.8, 4) is 10.6 Å². The van der Waals surface area contributed by atoms with Crippen molar-refractivity contribution in [1.29, 1.82) is 0 Å². The summed E-state index contributed by atoms with van der Waals surface area (Å²) in [5.41, 5.74) is 3.31. The predicted molar refractivity (Wildman–Crippen MR) is 159 cm³/mol. The SMILES string of the molecule is CC(=O)N1CCc2c(sc(NC(=O)c3ccc(S(=O)(=O)N4CCCC[C@@H]4C)cc3)c2-c2nc3ccccc3s2)C1. The highest BCUT2D eigenvalue weighted by atomic mass is 32.2. The molecule has 2 aliphatic rings. The minimum atomic E-state index is -3.62. The van der Waals surface area contributed by atoms with Gasteiger partial charge in [0.1, 0.15) is 10.0 Å². The molecule has 0 unspecified atom stereocenters. The average molecular weight is 595 g/mol. The number of sulfonamides is 1. The van der Waals surface area contributed by atoms with Gasteiger partial charge in [0.25, 0.3) is 5.91 Å². The van der Waals surface area contributed by atoms with Crippen molar-refractivity contribution < 1.29 is 18.0 Å². The van der Waals surface area contributed by atoms with Crippen molar-refractivity contribution >= 4 is 59.7 Å². The zero-order valence-corrected chi connectivity index (χ0v) is 24.8. The number of para-hydroxylation sites is 1. The molecule has 0 radical (unpaired) electrons. The standard InChI is InChI=1S/C29H30N4O4S3/c1-18-7-5-6-15-33(18)40(36,37)21-12-10-20(11-13-21)27(35)31-29-26(28-30-23-8-3-4-9-24(23)38-28)22-14-16-32(19(2)34)17-25(22)39-29/h3-4,8-13,18H,5-7,14-17H2,1-2H3,(H,31,35)/t18-/m0/s1. The fourth-order valence-electron chi connectivity index (χ4n) is 5.48. The Morgan fingerprint density at radius 2 is 1.80 bits per heavy atom. The largest absolute Gasteiger partial charge is 0.337 e. The zero-order chi connectivity index (χ0) is 28.0. The number of hydrogen-bond donors (Lipinski definition) is 1. The Bertz CT molecular complexity index is 1680. The third-order valence-corrected chi connectivity index (χ3v) is 11.9. The molecule has 1 N–H and O–H groups in total. The Morgan fingerprint density at radius 1 is 1.02 bits per heavy atom. The van der Waals surface area contributed by atoms with Gasteiger partial charge >= 0.3 is 0 Å². The highest BCUT2D eigenvalue weighted by molar-refractivity contribution is 7.89. The summed E-state index contributed by atoms with van der Waals surface area (Å²) in [5.74, 6) is -0.292. The first kappa shape index (κ1) is 27.1. The maximum absolute atomic E-state index is 13.4. The predicted octanol–water partition coefficient (Wildman–Crippen LogP) is 5.74. The molecule has 1 fully saturated rings. The maximum atomic E-state index is 13.4. The molecule has 4 heterocycles. The molecule has 2 aliphatic heterocycles. The Balaban J connectivity index is 1.31. The number of hydrogen-bond acceptors (Lipinski definition) is 7. The Hall–Kier alpha value is -3.12. The smallest absolute Gasteiger partial charge is 0.256 e. The maximum Gasteiger partial charge on any atom is 0.256 e. The summed E-state index contributed by atoms with van der Waals surface area (Å²) < 4.78 is 29.1. The lowest BCUT2D eigenvalue weighted by molar-refractivity contribution is -0.129. The minimum absolute atomic E-state index is 0.0279. The first-order valence-electron chi connectivity index (χ1n) is 13.4. The van der Waals surface area contributed by atoms with E-state index < -0.39 is 10.0 Å². The third-order valence-electron chi connectivity index (χ3n) is 7.70. The number of benzene rings is 2. The van der Waals surface area contributed by atoms with E-state index in [0.29, 0.717) is 36.6 Å². The van der Waals surface area contributed by atoms with Crippen LogP contribution in [0.1, 0.15) is 53.9 Å². The first-order valence-corrected chi connectivity index (χ1v) is 16.5. The second-order valence-corrected chi connectivity index (χ2v) is 14.4. The number of thiophene rings is 1. The van der Waals surface area contributed by atoms with Crippen molar-refractivity contribution in [3.05, 3.63) is 64.5 Å². The van der Waals surface area contributed by atoms with Gasteiger partial charge in [0, 0.05) is 42.1 Å². The van der Waals surface area contributed by atoms with Gasteiger partial charge in [-0.1, -0.05) is 18.6 Å². The van der Waals surface area contributed by atoms with Crippen LogP contribution in [0.4, 0.5) is 5.00 Å². The van der Waals surface area contributed by atoms with Gasteiger partial charge in [0.05, 0.1) is 21.7 Å². The monoisotopic (exact) mass is 594 g/mol. The molecule has 0 saturated carbocycles. The highest BCUT2D eigenvalue weighted by Gasteiger charge is 2.32. The van der Waals surface area contributed by atoms with Crippen molar-refractivity contribution in [1.82, 2.24) is 14.2 Å². The molecule has 0 aliphatic carbocycles. The summed E-state index contributed by atoms with van der Waals surface area (Å²) >= 11 is 3.06. The Kier molecular flexibility index (Phi) is 7.24. The number of aromatic nitrogens is 1. The normalized spacial score (nSPS) is 18.1. The van der Waals surface area contributed by atoms with Crippen molar-refractivity contribution in [3.63, 3.8) is 0 Å². The first-order chi connectivity index (χ1) is 19.2. The summed E-state index contributed by atoms with van der Waals surface area (Å²) in [4.78, 5) is 33.4. The van der Waals surface area contributed by atoms with E-state index in [4.69, 9.17) is 4.98 Å². The van der Waals surface area contributed by atoms with Gasteiger partial charge in [0.2, 0.25) is 15.9 Å². The van der Waals surface area contributed by atoms with Gasteiger partial charge in [-0.2, -0.15) is 4.31 Å². The number of thiazole rings is 1. The molecule has 40 heavy (non-hydrogen) atoms. The van der Waals surface area contributed by atoms with E-state index in [9.17, 15) is 18.0 Å². The van der Waals surface area contributed by atoms with Gasteiger partial charge in [-0.05, 0) is 68.1 Å². The molecule has 4 aromatic rings. The Labute approximate surface area is 241 Å². The van der Waals surface area contributed by atoms with Crippen molar-refractivity contribution in [2.24, 2.45) is 0 Å². The number of fused-ring (bicyclic) bond motifs is 2.